The summed E-state index contributed by atoms with van der Waals surface area (Å²) in [6.45, 7) is 0. The van der Waals surface area contributed by atoms with Gasteiger partial charge < -0.3 is 14.2 Å². The molecule has 0 aromatic heterocycles. The van der Waals surface area contributed by atoms with Gasteiger partial charge in [0, 0.05) is 0 Å². The lowest BCUT2D eigenvalue weighted by molar-refractivity contribution is -0.147. The molecular formula is C8H10O4. The second-order valence-corrected chi connectivity index (χ2v) is 3.57. The summed E-state index contributed by atoms with van der Waals surface area (Å²) in [6.07, 6.45) is 1.39. The summed E-state index contributed by atoms with van der Waals surface area (Å²) in [5.74, 6) is -0.236. The number of hydrogen-bond acceptors (Lipinski definition) is 4. The average molecular weight is 170 g/mol. The number of carbonyl (C=O) groups is 1. The molecule has 3 rings (SSSR count). The molecule has 12 heavy (non-hydrogen) atoms. The van der Waals surface area contributed by atoms with Crippen LogP contribution in [0, 0.1) is 5.92 Å². The number of methoxy groups -OCH3 is 1. The van der Waals surface area contributed by atoms with Crippen LogP contribution in [0.3, 0.4) is 0 Å². The predicted octanol–water partition coefficient (Wildman–Crippen LogP) is -0.286. The Kier molecular flexibility index (Phi) is 1.14. The first-order chi connectivity index (χ1) is 5.81. The van der Waals surface area contributed by atoms with Crippen molar-refractivity contribution in [3.05, 3.63) is 0 Å². The zero-order valence-corrected chi connectivity index (χ0v) is 6.73. The lowest BCUT2D eigenvalue weighted by Gasteiger charge is -2.13. The van der Waals surface area contributed by atoms with E-state index in [2.05, 4.69) is 4.74 Å². The van der Waals surface area contributed by atoms with E-state index in [1.807, 2.05) is 0 Å². The molecule has 0 aliphatic carbocycles. The Morgan fingerprint density at radius 2 is 2.17 bits per heavy atom. The fourth-order valence-corrected chi connectivity index (χ4v) is 2.34. The smallest absolute Gasteiger partial charge is 0.311 e. The average Bonchev–Trinajstić information content (AvgIpc) is 2.71. The minimum Gasteiger partial charge on any atom is -0.469 e. The second-order valence-electron chi connectivity index (χ2n) is 3.57. The molecule has 0 N–H and O–H groups in total. The molecule has 0 radical (unpaired) electrons. The number of fused-ring (bicyclic) bond motifs is 5. The van der Waals surface area contributed by atoms with E-state index < -0.39 is 0 Å². The molecule has 5 atom stereocenters. The van der Waals surface area contributed by atoms with E-state index in [-0.39, 0.29) is 36.3 Å². The minimum atomic E-state index is -0.156. The third-order valence-corrected chi connectivity index (χ3v) is 2.97. The van der Waals surface area contributed by atoms with Crippen LogP contribution in [0.5, 0.6) is 0 Å². The van der Waals surface area contributed by atoms with Gasteiger partial charge in [-0.2, -0.15) is 0 Å². The lowest BCUT2D eigenvalue weighted by Crippen LogP contribution is -2.31. The highest BCUT2D eigenvalue weighted by molar-refractivity contribution is 5.74. The van der Waals surface area contributed by atoms with Crippen molar-refractivity contribution in [3.63, 3.8) is 0 Å². The topological polar surface area (TPSA) is 48.1 Å². The first kappa shape index (κ1) is 6.86. The Hall–Kier alpha value is -0.610. The van der Waals surface area contributed by atoms with Gasteiger partial charge in [0.15, 0.2) is 0 Å². The van der Waals surface area contributed by atoms with E-state index in [0.29, 0.717) is 0 Å². The van der Waals surface area contributed by atoms with Crippen molar-refractivity contribution in [1.29, 1.82) is 0 Å². The van der Waals surface area contributed by atoms with Gasteiger partial charge in [0.1, 0.15) is 18.3 Å². The Morgan fingerprint density at radius 1 is 1.33 bits per heavy atom. The molecule has 0 spiro atoms. The molecule has 3 fully saturated rings. The van der Waals surface area contributed by atoms with Gasteiger partial charge in [0.05, 0.1) is 19.1 Å². The van der Waals surface area contributed by atoms with E-state index in [0.717, 1.165) is 6.42 Å². The van der Waals surface area contributed by atoms with Gasteiger partial charge in [-0.25, -0.2) is 0 Å². The van der Waals surface area contributed by atoms with E-state index >= 15 is 0 Å². The predicted molar refractivity (Wildman–Crippen MR) is 37.4 cm³/mol. The second kappa shape index (κ2) is 2.00. The highest BCUT2D eigenvalue weighted by Gasteiger charge is 2.66. The summed E-state index contributed by atoms with van der Waals surface area (Å²) < 4.78 is 15.6. The van der Waals surface area contributed by atoms with Crippen LogP contribution < -0.4 is 0 Å². The molecule has 3 aliphatic heterocycles. The molecular weight excluding hydrogens is 160 g/mol. The van der Waals surface area contributed by atoms with Crippen molar-refractivity contribution in [2.24, 2.45) is 5.92 Å². The Morgan fingerprint density at radius 3 is 2.75 bits per heavy atom. The van der Waals surface area contributed by atoms with Crippen LogP contribution >= 0.6 is 0 Å². The maximum absolute atomic E-state index is 11.2. The molecule has 0 saturated carbocycles. The van der Waals surface area contributed by atoms with Crippen LogP contribution in [0.1, 0.15) is 6.42 Å². The van der Waals surface area contributed by atoms with Crippen molar-refractivity contribution < 1.29 is 19.0 Å². The quantitative estimate of drug-likeness (QED) is 0.401. The van der Waals surface area contributed by atoms with Gasteiger partial charge in [-0.1, -0.05) is 0 Å². The van der Waals surface area contributed by atoms with Crippen LogP contribution in [-0.2, 0) is 19.0 Å². The Balaban J connectivity index is 1.80. The number of carbonyl (C=O) groups excluding carboxylic acids is 1. The molecule has 4 heteroatoms. The van der Waals surface area contributed by atoms with E-state index in [1.54, 1.807) is 0 Å². The van der Waals surface area contributed by atoms with Crippen molar-refractivity contribution >= 4 is 5.97 Å². The maximum Gasteiger partial charge on any atom is 0.311 e. The molecule has 3 heterocycles. The van der Waals surface area contributed by atoms with Gasteiger partial charge >= 0.3 is 5.97 Å². The summed E-state index contributed by atoms with van der Waals surface area (Å²) in [5.41, 5.74) is 0. The van der Waals surface area contributed by atoms with Gasteiger partial charge in [0.2, 0.25) is 0 Å². The van der Waals surface area contributed by atoms with Crippen molar-refractivity contribution in [2.45, 2.75) is 30.8 Å². The van der Waals surface area contributed by atoms with Crippen LogP contribution in [-0.4, -0.2) is 37.5 Å². The molecule has 0 amide bonds. The van der Waals surface area contributed by atoms with Gasteiger partial charge in [-0.05, 0) is 6.42 Å². The molecule has 4 nitrogen and oxygen atoms in total. The Bertz CT molecular complexity index is 239. The van der Waals surface area contributed by atoms with Crippen molar-refractivity contribution in [1.82, 2.24) is 0 Å². The fourth-order valence-electron chi connectivity index (χ4n) is 2.34. The summed E-state index contributed by atoms with van der Waals surface area (Å²) in [6, 6.07) is 0. The van der Waals surface area contributed by atoms with E-state index in [1.165, 1.54) is 7.11 Å². The molecule has 2 bridgehead atoms. The number of hydrogen-bond donors (Lipinski definition) is 0. The zero-order valence-electron chi connectivity index (χ0n) is 6.73. The lowest BCUT2D eigenvalue weighted by atomic mass is 9.89. The summed E-state index contributed by atoms with van der Waals surface area (Å²) in [7, 11) is 1.42. The van der Waals surface area contributed by atoms with Crippen LogP contribution in [0.4, 0.5) is 0 Å². The van der Waals surface area contributed by atoms with Crippen molar-refractivity contribution in [2.75, 3.05) is 7.11 Å². The highest BCUT2D eigenvalue weighted by Crippen LogP contribution is 2.51. The summed E-state index contributed by atoms with van der Waals surface area (Å²) in [5, 5.41) is 0. The molecule has 0 unspecified atom stereocenters. The molecule has 3 saturated heterocycles. The van der Waals surface area contributed by atoms with E-state index in [9.17, 15) is 4.79 Å². The van der Waals surface area contributed by atoms with Gasteiger partial charge in [-0.3, -0.25) is 4.79 Å². The molecule has 66 valence electrons. The standard InChI is InChI=1S/C8H10O4/c1-10-8(9)3-2-4-6-7(12-6)5(3)11-4/h3-7H,2H2,1H3/t3-,4+,5-,6+,7-/m0/s1. The largest absolute Gasteiger partial charge is 0.469 e. The highest BCUT2D eigenvalue weighted by atomic mass is 16.7. The normalized spacial score (nSPS) is 53.6. The van der Waals surface area contributed by atoms with Crippen molar-refractivity contribution in [3.8, 4) is 0 Å². The molecule has 0 aromatic rings. The van der Waals surface area contributed by atoms with E-state index in [4.69, 9.17) is 9.47 Å². The third kappa shape index (κ3) is 0.671. The number of ether oxygens (including phenoxy) is 3. The van der Waals surface area contributed by atoms with Crippen LogP contribution in [0.15, 0.2) is 0 Å². The van der Waals surface area contributed by atoms with Gasteiger partial charge in [0.25, 0.3) is 0 Å². The first-order valence-corrected chi connectivity index (χ1v) is 4.20. The van der Waals surface area contributed by atoms with Gasteiger partial charge in [-0.15, -0.1) is 0 Å². The minimum absolute atomic E-state index is 0.0209. The number of rotatable bonds is 1. The monoisotopic (exact) mass is 170 g/mol. The molecule has 0 aromatic carbocycles. The first-order valence-electron chi connectivity index (χ1n) is 4.20. The van der Waals surface area contributed by atoms with Crippen LogP contribution in [0.2, 0.25) is 0 Å². The zero-order chi connectivity index (χ0) is 8.29. The maximum atomic E-state index is 11.2. The Labute approximate surface area is 69.8 Å². The van der Waals surface area contributed by atoms with Crippen LogP contribution in [0.25, 0.3) is 0 Å². The third-order valence-electron chi connectivity index (χ3n) is 2.97. The molecule has 3 aliphatic rings. The summed E-state index contributed by atoms with van der Waals surface area (Å²) in [4.78, 5) is 11.2. The number of esters is 1. The number of epoxide rings is 1. The summed E-state index contributed by atoms with van der Waals surface area (Å²) >= 11 is 0. The fraction of sp³-hybridized carbons (Fsp3) is 0.875. The SMILES string of the molecule is COC(=O)[C@H]1C[C@H]2O[C@@H]1[C@@H]1O[C@@H]12.